The van der Waals surface area contributed by atoms with Crippen LogP contribution in [0.3, 0.4) is 0 Å². The zero-order valence-electron chi connectivity index (χ0n) is 16.0. The number of nitrogens with zero attached hydrogens (tertiary/aromatic N) is 3. The summed E-state index contributed by atoms with van der Waals surface area (Å²) >= 11 is 12.0. The summed E-state index contributed by atoms with van der Waals surface area (Å²) in [6, 6.07) is 5.52. The number of halogens is 2. The molecule has 1 aliphatic heterocycles. The molecule has 1 saturated heterocycles. The van der Waals surface area contributed by atoms with E-state index in [1.807, 2.05) is 12.1 Å². The normalized spacial score (nSPS) is 14.4. The second-order valence-electron chi connectivity index (χ2n) is 6.57. The van der Waals surface area contributed by atoms with Crippen LogP contribution in [0.5, 0.6) is 0 Å². The van der Waals surface area contributed by atoms with Crippen LogP contribution in [0.25, 0.3) is 0 Å². The number of aromatic nitrogens is 2. The summed E-state index contributed by atoms with van der Waals surface area (Å²) in [5, 5.41) is 6.03. The van der Waals surface area contributed by atoms with Crippen molar-refractivity contribution in [3.63, 3.8) is 0 Å². The van der Waals surface area contributed by atoms with Gasteiger partial charge in [-0.25, -0.2) is 4.98 Å². The number of benzene rings is 1. The number of anilines is 3. The molecule has 1 fully saturated rings. The third-order valence-corrected chi connectivity index (χ3v) is 5.04. The highest BCUT2D eigenvalue weighted by molar-refractivity contribution is 6.33. The summed E-state index contributed by atoms with van der Waals surface area (Å²) in [5.74, 6) is -0.198. The smallest absolute Gasteiger partial charge is 0.302 e. The van der Waals surface area contributed by atoms with Gasteiger partial charge in [-0.2, -0.15) is 4.98 Å². The van der Waals surface area contributed by atoms with Crippen molar-refractivity contribution in [1.29, 1.82) is 0 Å². The van der Waals surface area contributed by atoms with Crippen LogP contribution in [0.1, 0.15) is 30.1 Å². The van der Waals surface area contributed by atoms with Crippen LogP contribution in [-0.4, -0.2) is 48.1 Å². The summed E-state index contributed by atoms with van der Waals surface area (Å²) in [6.45, 7) is 2.88. The van der Waals surface area contributed by atoms with Gasteiger partial charge in [-0.05, 0) is 29.8 Å². The van der Waals surface area contributed by atoms with Crippen LogP contribution in [0.2, 0.25) is 10.3 Å². The Morgan fingerprint density at radius 2 is 1.97 bits per heavy atom. The first-order chi connectivity index (χ1) is 13.9. The van der Waals surface area contributed by atoms with E-state index in [0.29, 0.717) is 17.1 Å². The lowest BCUT2D eigenvalue weighted by atomic mass is 10.0. The first-order valence-electron chi connectivity index (χ1n) is 9.10. The van der Waals surface area contributed by atoms with Gasteiger partial charge >= 0.3 is 5.97 Å². The third kappa shape index (κ3) is 5.27. The van der Waals surface area contributed by atoms with E-state index in [0.717, 1.165) is 31.6 Å². The number of hydrogen-bond acceptors (Lipinski definition) is 7. The predicted molar refractivity (Wildman–Crippen MR) is 112 cm³/mol. The molecule has 0 spiro atoms. The Hall–Kier alpha value is -2.58. The Labute approximate surface area is 178 Å². The molecule has 2 N–H and O–H groups in total. The number of nitrogens with one attached hydrogen (secondary N) is 2. The van der Waals surface area contributed by atoms with Crippen molar-refractivity contribution in [2.45, 2.75) is 25.9 Å². The van der Waals surface area contributed by atoms with Crippen LogP contribution < -0.4 is 15.5 Å². The van der Waals surface area contributed by atoms with Gasteiger partial charge in [-0.3, -0.25) is 9.59 Å². The minimum Gasteiger partial charge on any atom is -0.462 e. The fraction of sp³-hybridized carbons (Fsp3) is 0.368. The number of piperidine rings is 1. The van der Waals surface area contributed by atoms with E-state index in [1.165, 1.54) is 13.1 Å². The van der Waals surface area contributed by atoms with Crippen LogP contribution in [0.15, 0.2) is 24.4 Å². The molecule has 0 radical (unpaired) electrons. The molecule has 2 aromatic rings. The maximum atomic E-state index is 12.5. The standard InChI is InChI=1S/C19H21Cl2N5O3/c1-11(27)29-13-5-7-26(8-6-13)12-3-4-16(14(9-12)18(28)22-2)24-17-15(20)10-23-19(21)25-17/h3-4,9-10,13H,5-8H2,1-2H3,(H,22,28)(H,23,24,25). The van der Waals surface area contributed by atoms with Gasteiger partial charge in [-0.1, -0.05) is 11.6 Å². The quantitative estimate of drug-likeness (QED) is 0.546. The first-order valence-corrected chi connectivity index (χ1v) is 9.86. The summed E-state index contributed by atoms with van der Waals surface area (Å²) in [7, 11) is 1.57. The molecule has 29 heavy (non-hydrogen) atoms. The van der Waals surface area contributed by atoms with Crippen molar-refractivity contribution in [3.05, 3.63) is 40.3 Å². The number of hydrogen-bond donors (Lipinski definition) is 2. The number of carbonyl (C=O) groups excluding carboxylic acids is 2. The first kappa shape index (κ1) is 21.1. The van der Waals surface area contributed by atoms with Crippen molar-refractivity contribution >= 4 is 52.3 Å². The van der Waals surface area contributed by atoms with Crippen molar-refractivity contribution in [2.24, 2.45) is 0 Å². The molecule has 0 saturated carbocycles. The monoisotopic (exact) mass is 437 g/mol. The van der Waals surface area contributed by atoms with E-state index in [-0.39, 0.29) is 28.3 Å². The molecule has 1 amide bonds. The van der Waals surface area contributed by atoms with E-state index >= 15 is 0 Å². The van der Waals surface area contributed by atoms with Crippen LogP contribution in [0.4, 0.5) is 17.2 Å². The molecule has 154 valence electrons. The highest BCUT2D eigenvalue weighted by Gasteiger charge is 2.23. The van der Waals surface area contributed by atoms with Crippen molar-refractivity contribution in [1.82, 2.24) is 15.3 Å². The van der Waals surface area contributed by atoms with Gasteiger partial charge < -0.3 is 20.3 Å². The zero-order valence-corrected chi connectivity index (χ0v) is 17.5. The number of amides is 1. The average molecular weight is 438 g/mol. The molecule has 1 aromatic carbocycles. The Bertz CT molecular complexity index is 917. The third-order valence-electron chi connectivity index (χ3n) is 4.58. The number of ether oxygens (including phenoxy) is 1. The predicted octanol–water partition coefficient (Wildman–Crippen LogP) is 3.42. The summed E-state index contributed by atoms with van der Waals surface area (Å²) in [4.78, 5) is 33.6. The number of esters is 1. The second-order valence-corrected chi connectivity index (χ2v) is 7.31. The van der Waals surface area contributed by atoms with E-state index in [4.69, 9.17) is 27.9 Å². The Morgan fingerprint density at radius 3 is 2.62 bits per heavy atom. The largest absolute Gasteiger partial charge is 0.462 e. The number of carbonyl (C=O) groups is 2. The average Bonchev–Trinajstić information content (AvgIpc) is 2.70. The molecule has 3 rings (SSSR count). The highest BCUT2D eigenvalue weighted by Crippen LogP contribution is 2.30. The van der Waals surface area contributed by atoms with Crippen molar-refractivity contribution < 1.29 is 14.3 Å². The van der Waals surface area contributed by atoms with Crippen molar-refractivity contribution in [2.75, 3.05) is 30.4 Å². The van der Waals surface area contributed by atoms with Gasteiger partial charge in [0.1, 0.15) is 11.1 Å². The maximum Gasteiger partial charge on any atom is 0.302 e. The van der Waals surface area contributed by atoms with Gasteiger partial charge in [0.25, 0.3) is 5.91 Å². The molecule has 0 aliphatic carbocycles. The van der Waals surface area contributed by atoms with E-state index in [2.05, 4.69) is 25.5 Å². The lowest BCUT2D eigenvalue weighted by Gasteiger charge is -2.33. The van der Waals surface area contributed by atoms with Crippen LogP contribution in [-0.2, 0) is 9.53 Å². The van der Waals surface area contributed by atoms with Gasteiger partial charge in [0.15, 0.2) is 5.82 Å². The number of rotatable bonds is 5. The van der Waals surface area contributed by atoms with E-state index in [9.17, 15) is 9.59 Å². The minimum absolute atomic E-state index is 0.0469. The highest BCUT2D eigenvalue weighted by atomic mass is 35.5. The summed E-state index contributed by atoms with van der Waals surface area (Å²) in [6.07, 6.45) is 2.81. The molecule has 8 nitrogen and oxygen atoms in total. The zero-order chi connectivity index (χ0) is 21.0. The fourth-order valence-corrected chi connectivity index (χ4v) is 3.46. The van der Waals surface area contributed by atoms with Gasteiger partial charge in [0.2, 0.25) is 5.28 Å². The van der Waals surface area contributed by atoms with Gasteiger partial charge in [-0.15, -0.1) is 0 Å². The Balaban J connectivity index is 1.82. The summed E-state index contributed by atoms with van der Waals surface area (Å²) < 4.78 is 5.29. The lowest BCUT2D eigenvalue weighted by molar-refractivity contribution is -0.147. The Morgan fingerprint density at radius 1 is 1.24 bits per heavy atom. The second kappa shape index (κ2) is 9.28. The topological polar surface area (TPSA) is 96.5 Å². The Kier molecular flexibility index (Phi) is 6.76. The van der Waals surface area contributed by atoms with E-state index in [1.54, 1.807) is 13.1 Å². The maximum absolute atomic E-state index is 12.5. The SMILES string of the molecule is CNC(=O)c1cc(N2CCC(OC(C)=O)CC2)ccc1Nc1nc(Cl)ncc1Cl. The fourth-order valence-electron chi connectivity index (χ4n) is 3.19. The van der Waals surface area contributed by atoms with Crippen molar-refractivity contribution in [3.8, 4) is 0 Å². The lowest BCUT2D eigenvalue weighted by Crippen LogP contribution is -2.37. The molecule has 10 heteroatoms. The van der Waals surface area contributed by atoms with Gasteiger partial charge in [0.05, 0.1) is 17.4 Å². The molecule has 0 unspecified atom stereocenters. The van der Waals surface area contributed by atoms with Gasteiger partial charge in [0, 0.05) is 45.6 Å². The minimum atomic E-state index is -0.260. The van der Waals surface area contributed by atoms with E-state index < -0.39 is 0 Å². The van der Waals surface area contributed by atoms with Crippen LogP contribution >= 0.6 is 23.2 Å². The molecule has 2 heterocycles. The molecule has 1 aromatic heterocycles. The molecule has 0 atom stereocenters. The molecule has 0 bridgehead atoms. The van der Waals surface area contributed by atoms with Crippen LogP contribution in [0, 0.1) is 0 Å². The summed E-state index contributed by atoms with van der Waals surface area (Å²) in [5.41, 5.74) is 1.89. The molecule has 1 aliphatic rings. The molecular weight excluding hydrogens is 417 g/mol. The molecular formula is C19H21Cl2N5O3.